The Balaban J connectivity index is 1.77. The maximum absolute atomic E-state index is 11.9. The van der Waals surface area contributed by atoms with Crippen LogP contribution in [-0.4, -0.2) is 48.7 Å². The molecule has 3 atom stereocenters. The van der Waals surface area contributed by atoms with E-state index < -0.39 is 5.60 Å². The largest absolute Gasteiger partial charge is 0.449 e. The lowest BCUT2D eigenvalue weighted by Crippen LogP contribution is -2.48. The molecule has 0 saturated carbocycles. The molecule has 21 heavy (non-hydrogen) atoms. The zero-order valence-electron chi connectivity index (χ0n) is 12.3. The third-order valence-corrected chi connectivity index (χ3v) is 5.16. The van der Waals surface area contributed by atoms with Gasteiger partial charge in [-0.25, -0.2) is 4.79 Å². The first-order valence-corrected chi connectivity index (χ1v) is 7.81. The van der Waals surface area contributed by atoms with Crippen molar-refractivity contribution in [1.82, 2.24) is 10.2 Å². The number of piperidine rings is 1. The summed E-state index contributed by atoms with van der Waals surface area (Å²) in [6.45, 7) is 1.76. The fourth-order valence-corrected chi connectivity index (χ4v) is 4.40. The van der Waals surface area contributed by atoms with Gasteiger partial charge in [0.25, 0.3) is 0 Å². The molecule has 4 nitrogen and oxygen atoms in total. The van der Waals surface area contributed by atoms with Gasteiger partial charge in [0, 0.05) is 29.7 Å². The molecule has 0 unspecified atom stereocenters. The number of hydrogen-bond acceptors (Lipinski definition) is 4. The first-order valence-electron chi connectivity index (χ1n) is 7.81. The van der Waals surface area contributed by atoms with Gasteiger partial charge in [-0.05, 0) is 26.4 Å². The van der Waals surface area contributed by atoms with E-state index in [0.29, 0.717) is 18.6 Å². The van der Waals surface area contributed by atoms with Crippen molar-refractivity contribution < 1.29 is 9.53 Å². The van der Waals surface area contributed by atoms with Gasteiger partial charge in [0.1, 0.15) is 0 Å². The molecule has 4 rings (SSSR count). The molecule has 2 fully saturated rings. The summed E-state index contributed by atoms with van der Waals surface area (Å²) in [5, 5.41) is 3.03. The average molecular weight is 284 g/mol. The van der Waals surface area contributed by atoms with Gasteiger partial charge in [-0.15, -0.1) is 0 Å². The predicted molar refractivity (Wildman–Crippen MR) is 79.4 cm³/mol. The molecule has 0 radical (unpaired) electrons. The Kier molecular flexibility index (Phi) is 2.95. The standard InChI is InChI=1S/C17H20N2O2/c1-18-7-4-5-12-9-13-11-17(14(12)10-16(20)21-17)15-6-2-3-8-19(13)15/h9-10,13,15,18H,2-3,6-8,11H2,1H3/t13-,15-,17+/m1/s1. The topological polar surface area (TPSA) is 41.6 Å². The second-order valence-corrected chi connectivity index (χ2v) is 6.30. The zero-order chi connectivity index (χ0) is 14.4. The van der Waals surface area contributed by atoms with Crippen molar-refractivity contribution in [2.24, 2.45) is 0 Å². The molecule has 3 aliphatic heterocycles. The Bertz CT molecular complexity index is 610. The minimum Gasteiger partial charge on any atom is -0.449 e. The summed E-state index contributed by atoms with van der Waals surface area (Å²) >= 11 is 0. The normalized spacial score (nSPS) is 36.9. The molecule has 110 valence electrons. The van der Waals surface area contributed by atoms with Gasteiger partial charge >= 0.3 is 5.97 Å². The Morgan fingerprint density at radius 3 is 3.29 bits per heavy atom. The summed E-state index contributed by atoms with van der Waals surface area (Å²) in [6.07, 6.45) is 8.42. The highest BCUT2D eigenvalue weighted by Gasteiger charge is 2.61. The van der Waals surface area contributed by atoms with Gasteiger partial charge in [-0.2, -0.15) is 0 Å². The van der Waals surface area contributed by atoms with Crippen LogP contribution >= 0.6 is 0 Å². The van der Waals surface area contributed by atoms with E-state index in [2.05, 4.69) is 28.1 Å². The maximum atomic E-state index is 11.9. The highest BCUT2D eigenvalue weighted by atomic mass is 16.6. The van der Waals surface area contributed by atoms with E-state index in [1.807, 2.05) is 7.05 Å². The lowest BCUT2D eigenvalue weighted by atomic mass is 9.77. The molecular weight excluding hydrogens is 264 g/mol. The van der Waals surface area contributed by atoms with Crippen molar-refractivity contribution in [3.63, 3.8) is 0 Å². The molecule has 3 heterocycles. The average Bonchev–Trinajstić information content (AvgIpc) is 2.96. The number of ether oxygens (including phenoxy) is 1. The monoisotopic (exact) mass is 284 g/mol. The number of nitrogens with zero attached hydrogens (tertiary/aromatic N) is 1. The number of hydrogen-bond donors (Lipinski definition) is 1. The van der Waals surface area contributed by atoms with Gasteiger partial charge in [0.05, 0.1) is 12.6 Å². The lowest BCUT2D eigenvalue weighted by molar-refractivity contribution is -0.148. The smallest absolute Gasteiger partial charge is 0.332 e. The number of nitrogens with one attached hydrogen (secondary N) is 1. The van der Waals surface area contributed by atoms with Gasteiger partial charge in [-0.3, -0.25) is 4.90 Å². The summed E-state index contributed by atoms with van der Waals surface area (Å²) in [5.74, 6) is 6.17. The SMILES string of the molecule is CNCC#CC1=C[C@@H]2C[C@@]3(OC(=O)C=C13)[C@H]1CCCCN21. The molecule has 2 bridgehead atoms. The van der Waals surface area contributed by atoms with Crippen molar-refractivity contribution >= 4 is 5.97 Å². The van der Waals surface area contributed by atoms with Gasteiger partial charge in [-0.1, -0.05) is 24.3 Å². The third kappa shape index (κ3) is 1.81. The highest BCUT2D eigenvalue weighted by Crippen LogP contribution is 2.53. The Labute approximate surface area is 125 Å². The molecule has 0 aromatic rings. The second kappa shape index (κ2) is 4.72. The molecule has 1 aliphatic carbocycles. The minimum atomic E-state index is -0.416. The summed E-state index contributed by atoms with van der Waals surface area (Å²) in [6, 6.07) is 0.714. The van der Waals surface area contributed by atoms with E-state index in [-0.39, 0.29) is 5.97 Å². The fourth-order valence-electron chi connectivity index (χ4n) is 4.40. The molecule has 4 heteroatoms. The van der Waals surface area contributed by atoms with Crippen LogP contribution in [0, 0.1) is 11.8 Å². The van der Waals surface area contributed by atoms with Crippen LogP contribution < -0.4 is 5.32 Å². The van der Waals surface area contributed by atoms with Crippen LogP contribution in [0.2, 0.25) is 0 Å². The number of fused-ring (bicyclic) bond motifs is 3. The molecule has 0 aromatic carbocycles. The van der Waals surface area contributed by atoms with Crippen molar-refractivity contribution in [2.75, 3.05) is 20.1 Å². The first kappa shape index (κ1) is 13.1. The first-order chi connectivity index (χ1) is 10.2. The molecule has 4 aliphatic rings. The second-order valence-electron chi connectivity index (χ2n) is 6.30. The van der Waals surface area contributed by atoms with Crippen molar-refractivity contribution in [3.8, 4) is 11.8 Å². The summed E-state index contributed by atoms with van der Waals surface area (Å²) in [7, 11) is 1.89. The summed E-state index contributed by atoms with van der Waals surface area (Å²) < 4.78 is 5.85. The molecule has 1 spiro atoms. The van der Waals surface area contributed by atoms with Crippen molar-refractivity contribution in [3.05, 3.63) is 23.3 Å². The van der Waals surface area contributed by atoms with Gasteiger partial charge < -0.3 is 10.1 Å². The van der Waals surface area contributed by atoms with Crippen LogP contribution in [0.1, 0.15) is 25.7 Å². The van der Waals surface area contributed by atoms with E-state index in [0.717, 1.165) is 30.5 Å². The molecule has 2 saturated heterocycles. The molecule has 0 aromatic heterocycles. The van der Waals surface area contributed by atoms with E-state index in [1.54, 1.807) is 6.08 Å². The maximum Gasteiger partial charge on any atom is 0.332 e. The molecule has 1 N–H and O–H groups in total. The van der Waals surface area contributed by atoms with Crippen molar-refractivity contribution in [1.29, 1.82) is 0 Å². The van der Waals surface area contributed by atoms with E-state index in [4.69, 9.17) is 4.74 Å². The van der Waals surface area contributed by atoms with E-state index in [1.165, 1.54) is 12.8 Å². The Hall–Kier alpha value is -1.57. The lowest BCUT2D eigenvalue weighted by Gasteiger charge is -2.38. The van der Waals surface area contributed by atoms with Gasteiger partial charge in [0.15, 0.2) is 5.60 Å². The van der Waals surface area contributed by atoms with Gasteiger partial charge in [0.2, 0.25) is 0 Å². The Morgan fingerprint density at radius 1 is 1.52 bits per heavy atom. The summed E-state index contributed by atoms with van der Waals surface area (Å²) in [4.78, 5) is 14.5. The van der Waals surface area contributed by atoms with E-state index >= 15 is 0 Å². The number of carbonyl (C=O) groups excluding carboxylic acids is 1. The minimum absolute atomic E-state index is 0.195. The van der Waals surface area contributed by atoms with Crippen LogP contribution in [0.25, 0.3) is 0 Å². The van der Waals surface area contributed by atoms with Crippen LogP contribution in [0.15, 0.2) is 23.3 Å². The number of esters is 1. The predicted octanol–water partition coefficient (Wildman–Crippen LogP) is 0.998. The highest BCUT2D eigenvalue weighted by molar-refractivity contribution is 5.90. The molecular formula is C17H20N2O2. The van der Waals surface area contributed by atoms with E-state index in [9.17, 15) is 4.79 Å². The van der Waals surface area contributed by atoms with Crippen molar-refractivity contribution in [2.45, 2.75) is 43.4 Å². The fraction of sp³-hybridized carbons (Fsp3) is 0.588. The third-order valence-electron chi connectivity index (χ3n) is 5.16. The Morgan fingerprint density at radius 2 is 2.43 bits per heavy atom. The quantitative estimate of drug-likeness (QED) is 0.576. The van der Waals surface area contributed by atoms with Crippen LogP contribution in [0.5, 0.6) is 0 Å². The van der Waals surface area contributed by atoms with Crippen LogP contribution in [0.3, 0.4) is 0 Å². The van der Waals surface area contributed by atoms with Crippen LogP contribution in [0.4, 0.5) is 0 Å². The zero-order valence-corrected chi connectivity index (χ0v) is 12.3. The number of carbonyl (C=O) groups is 1. The van der Waals surface area contributed by atoms with Crippen LogP contribution in [-0.2, 0) is 9.53 Å². The number of rotatable bonds is 1. The molecule has 0 amide bonds. The summed E-state index contributed by atoms with van der Waals surface area (Å²) in [5.41, 5.74) is 1.61.